The number of carbonyl (C=O) groups is 1. The summed E-state index contributed by atoms with van der Waals surface area (Å²) in [5.41, 5.74) is 0.335. The van der Waals surface area contributed by atoms with Crippen molar-refractivity contribution in [3.63, 3.8) is 0 Å². The quantitative estimate of drug-likeness (QED) is 0.820. The molecular formula is C12H14O5. The Hall–Kier alpha value is -1.91. The highest BCUT2D eigenvalue weighted by Crippen LogP contribution is 2.38. The number of carboxylic acids is 1. The zero-order valence-corrected chi connectivity index (χ0v) is 9.47. The fraction of sp³-hybridized carbons (Fsp3) is 0.417. The van der Waals surface area contributed by atoms with Gasteiger partial charge in [0, 0.05) is 18.1 Å². The van der Waals surface area contributed by atoms with Crippen molar-refractivity contribution in [2.75, 3.05) is 13.2 Å². The van der Waals surface area contributed by atoms with Gasteiger partial charge in [-0.2, -0.15) is 0 Å². The molecule has 0 spiro atoms. The Morgan fingerprint density at radius 2 is 1.88 bits per heavy atom. The Labute approximate surface area is 98.6 Å². The molecule has 0 amide bonds. The van der Waals surface area contributed by atoms with Crippen LogP contribution in [0.3, 0.4) is 0 Å². The maximum absolute atomic E-state index is 10.9. The molecule has 1 aliphatic rings. The van der Waals surface area contributed by atoms with Crippen LogP contribution >= 0.6 is 0 Å². The Kier molecular flexibility index (Phi) is 3.08. The SMILES string of the molecule is CC(C(=O)O)c1cc2c(cc1O)OCCCO2. The van der Waals surface area contributed by atoms with Gasteiger partial charge in [-0.1, -0.05) is 0 Å². The minimum Gasteiger partial charge on any atom is -0.507 e. The Bertz CT molecular complexity index is 441. The van der Waals surface area contributed by atoms with Gasteiger partial charge in [-0.15, -0.1) is 0 Å². The maximum atomic E-state index is 10.9. The van der Waals surface area contributed by atoms with E-state index in [9.17, 15) is 9.90 Å². The number of hydrogen-bond acceptors (Lipinski definition) is 4. The summed E-state index contributed by atoms with van der Waals surface area (Å²) < 4.78 is 10.8. The lowest BCUT2D eigenvalue weighted by Gasteiger charge is -2.13. The zero-order chi connectivity index (χ0) is 12.4. The van der Waals surface area contributed by atoms with E-state index in [-0.39, 0.29) is 5.75 Å². The van der Waals surface area contributed by atoms with Gasteiger partial charge in [0.05, 0.1) is 19.1 Å². The second-order valence-corrected chi connectivity index (χ2v) is 3.97. The number of phenolic OH excluding ortho intramolecular Hbond substituents is 1. The highest BCUT2D eigenvalue weighted by Gasteiger charge is 2.21. The van der Waals surface area contributed by atoms with E-state index in [0.29, 0.717) is 30.3 Å². The molecule has 1 aromatic carbocycles. The van der Waals surface area contributed by atoms with Crippen LogP contribution in [0.15, 0.2) is 12.1 Å². The predicted octanol–water partition coefficient (Wildman–Crippen LogP) is 1.74. The number of aromatic hydroxyl groups is 1. The molecule has 2 N–H and O–H groups in total. The van der Waals surface area contributed by atoms with Crippen LogP contribution in [0.1, 0.15) is 24.8 Å². The number of fused-ring (bicyclic) bond motifs is 1. The van der Waals surface area contributed by atoms with Crippen molar-refractivity contribution in [1.29, 1.82) is 0 Å². The molecule has 17 heavy (non-hydrogen) atoms. The van der Waals surface area contributed by atoms with Crippen LogP contribution in [-0.2, 0) is 4.79 Å². The summed E-state index contributed by atoms with van der Waals surface area (Å²) in [5, 5.41) is 18.7. The molecule has 5 nitrogen and oxygen atoms in total. The molecule has 0 aromatic heterocycles. The van der Waals surface area contributed by atoms with E-state index < -0.39 is 11.9 Å². The average molecular weight is 238 g/mol. The fourth-order valence-electron chi connectivity index (χ4n) is 1.69. The number of phenols is 1. The lowest BCUT2D eigenvalue weighted by molar-refractivity contribution is -0.138. The van der Waals surface area contributed by atoms with Crippen LogP contribution in [0.5, 0.6) is 17.2 Å². The molecule has 1 atom stereocenters. The monoisotopic (exact) mass is 238 g/mol. The number of rotatable bonds is 2. The van der Waals surface area contributed by atoms with E-state index in [2.05, 4.69) is 0 Å². The van der Waals surface area contributed by atoms with Gasteiger partial charge in [-0.25, -0.2) is 0 Å². The second kappa shape index (κ2) is 4.53. The predicted molar refractivity (Wildman–Crippen MR) is 59.8 cm³/mol. The molecule has 1 aromatic rings. The number of carboxylic acid groups (broad SMARTS) is 1. The standard InChI is InChI=1S/C12H14O5/c1-7(12(14)15)8-5-10-11(6-9(8)13)17-4-2-3-16-10/h5-7,13H,2-4H2,1H3,(H,14,15). The smallest absolute Gasteiger partial charge is 0.310 e. The third-order valence-corrected chi connectivity index (χ3v) is 2.73. The van der Waals surface area contributed by atoms with E-state index in [0.717, 1.165) is 6.42 Å². The van der Waals surface area contributed by atoms with Crippen molar-refractivity contribution >= 4 is 5.97 Å². The molecule has 1 aliphatic heterocycles. The van der Waals surface area contributed by atoms with Gasteiger partial charge in [0.2, 0.25) is 0 Å². The first kappa shape index (κ1) is 11.6. The lowest BCUT2D eigenvalue weighted by Crippen LogP contribution is -2.08. The minimum atomic E-state index is -0.991. The third-order valence-electron chi connectivity index (χ3n) is 2.73. The van der Waals surface area contributed by atoms with E-state index in [1.165, 1.54) is 19.1 Å². The topological polar surface area (TPSA) is 76.0 Å². The summed E-state index contributed by atoms with van der Waals surface area (Å²) in [6.07, 6.45) is 0.763. The van der Waals surface area contributed by atoms with Gasteiger partial charge < -0.3 is 19.7 Å². The first-order chi connectivity index (χ1) is 8.09. The first-order valence-electron chi connectivity index (χ1n) is 5.45. The maximum Gasteiger partial charge on any atom is 0.310 e. The van der Waals surface area contributed by atoms with Crippen LogP contribution in [0.25, 0.3) is 0 Å². The molecule has 0 aliphatic carbocycles. The van der Waals surface area contributed by atoms with E-state index in [4.69, 9.17) is 14.6 Å². The van der Waals surface area contributed by atoms with Crippen LogP contribution in [-0.4, -0.2) is 29.4 Å². The second-order valence-electron chi connectivity index (χ2n) is 3.97. The number of aliphatic carboxylic acids is 1. The summed E-state index contributed by atoms with van der Waals surface area (Å²) in [6.45, 7) is 2.57. The van der Waals surface area contributed by atoms with Crippen molar-refractivity contribution in [2.24, 2.45) is 0 Å². The lowest BCUT2D eigenvalue weighted by atomic mass is 10.00. The van der Waals surface area contributed by atoms with Crippen molar-refractivity contribution in [2.45, 2.75) is 19.3 Å². The molecule has 1 unspecified atom stereocenters. The van der Waals surface area contributed by atoms with Gasteiger partial charge in [0.1, 0.15) is 5.75 Å². The first-order valence-corrected chi connectivity index (χ1v) is 5.45. The summed E-state index contributed by atoms with van der Waals surface area (Å²) >= 11 is 0. The molecule has 1 heterocycles. The Morgan fingerprint density at radius 3 is 2.47 bits per heavy atom. The molecule has 5 heteroatoms. The van der Waals surface area contributed by atoms with Gasteiger partial charge in [0.15, 0.2) is 11.5 Å². The van der Waals surface area contributed by atoms with Crippen LogP contribution in [0, 0.1) is 0 Å². The highest BCUT2D eigenvalue weighted by molar-refractivity contribution is 5.77. The molecule has 0 saturated heterocycles. The number of hydrogen-bond donors (Lipinski definition) is 2. The molecule has 0 radical (unpaired) electrons. The van der Waals surface area contributed by atoms with Crippen molar-refractivity contribution in [1.82, 2.24) is 0 Å². The zero-order valence-electron chi connectivity index (χ0n) is 9.47. The molecular weight excluding hydrogens is 224 g/mol. The van der Waals surface area contributed by atoms with E-state index in [1.54, 1.807) is 0 Å². The normalized spacial score (nSPS) is 16.1. The number of benzene rings is 1. The molecule has 2 rings (SSSR count). The molecule has 0 bridgehead atoms. The third kappa shape index (κ3) is 2.27. The molecule has 0 fully saturated rings. The van der Waals surface area contributed by atoms with Crippen molar-refractivity contribution < 1.29 is 24.5 Å². The molecule has 92 valence electrons. The van der Waals surface area contributed by atoms with Crippen LogP contribution < -0.4 is 9.47 Å². The fourth-order valence-corrected chi connectivity index (χ4v) is 1.69. The van der Waals surface area contributed by atoms with E-state index in [1.807, 2.05) is 0 Å². The Morgan fingerprint density at radius 1 is 1.29 bits per heavy atom. The minimum absolute atomic E-state index is 0.0795. The largest absolute Gasteiger partial charge is 0.507 e. The van der Waals surface area contributed by atoms with Crippen LogP contribution in [0.2, 0.25) is 0 Å². The Balaban J connectivity index is 2.42. The van der Waals surface area contributed by atoms with Gasteiger partial charge in [-0.05, 0) is 13.0 Å². The van der Waals surface area contributed by atoms with Gasteiger partial charge in [-0.3, -0.25) is 4.79 Å². The highest BCUT2D eigenvalue weighted by atomic mass is 16.5. The summed E-state index contributed by atoms with van der Waals surface area (Å²) in [4.78, 5) is 10.9. The summed E-state index contributed by atoms with van der Waals surface area (Å²) in [6, 6.07) is 2.95. The van der Waals surface area contributed by atoms with Gasteiger partial charge >= 0.3 is 5.97 Å². The van der Waals surface area contributed by atoms with Crippen molar-refractivity contribution in [3.8, 4) is 17.2 Å². The van der Waals surface area contributed by atoms with Gasteiger partial charge in [0.25, 0.3) is 0 Å². The van der Waals surface area contributed by atoms with E-state index >= 15 is 0 Å². The molecule has 0 saturated carbocycles. The summed E-state index contributed by atoms with van der Waals surface area (Å²) in [5.74, 6) is -0.907. The number of ether oxygens (including phenoxy) is 2. The van der Waals surface area contributed by atoms with Crippen molar-refractivity contribution in [3.05, 3.63) is 17.7 Å². The van der Waals surface area contributed by atoms with Crippen LogP contribution in [0.4, 0.5) is 0 Å². The average Bonchev–Trinajstić information content (AvgIpc) is 2.51. The summed E-state index contributed by atoms with van der Waals surface area (Å²) in [7, 11) is 0.